The summed E-state index contributed by atoms with van der Waals surface area (Å²) < 4.78 is 5.43. The average Bonchev–Trinajstić information content (AvgIpc) is 2.46. The summed E-state index contributed by atoms with van der Waals surface area (Å²) in [4.78, 5) is 4.25. The molecule has 0 aliphatic rings. The van der Waals surface area contributed by atoms with E-state index in [1.807, 2.05) is 13.1 Å². The lowest BCUT2D eigenvalue weighted by Gasteiger charge is -1.88. The summed E-state index contributed by atoms with van der Waals surface area (Å²) in [5.41, 5.74) is 1.58. The fourth-order valence-corrected chi connectivity index (χ4v) is 1.34. The van der Waals surface area contributed by atoms with Crippen molar-refractivity contribution in [2.24, 2.45) is 0 Å². The van der Waals surface area contributed by atoms with Crippen molar-refractivity contribution in [2.75, 3.05) is 7.05 Å². The van der Waals surface area contributed by atoms with E-state index in [2.05, 4.69) is 10.3 Å². The van der Waals surface area contributed by atoms with Gasteiger partial charge in [-0.05, 0) is 25.2 Å². The molecule has 0 unspecified atom stereocenters. The predicted octanol–water partition coefficient (Wildman–Crippen LogP) is 2.20. The van der Waals surface area contributed by atoms with Crippen molar-refractivity contribution in [1.82, 2.24) is 10.3 Å². The van der Waals surface area contributed by atoms with Gasteiger partial charge in [0.15, 0.2) is 5.58 Å². The minimum Gasteiger partial charge on any atom is -0.439 e. The number of oxazole rings is 1. The predicted molar refractivity (Wildman–Crippen MR) is 51.8 cm³/mol. The molecule has 0 saturated heterocycles. The smallest absolute Gasteiger partial charge is 0.209 e. The van der Waals surface area contributed by atoms with E-state index in [-0.39, 0.29) is 0 Å². The highest BCUT2D eigenvalue weighted by atomic mass is 35.5. The summed E-state index contributed by atoms with van der Waals surface area (Å²) in [6, 6.07) is 5.40. The van der Waals surface area contributed by atoms with Crippen LogP contribution in [-0.2, 0) is 6.54 Å². The molecule has 0 spiro atoms. The van der Waals surface area contributed by atoms with Crippen LogP contribution in [0.3, 0.4) is 0 Å². The van der Waals surface area contributed by atoms with Crippen molar-refractivity contribution < 1.29 is 4.42 Å². The van der Waals surface area contributed by atoms with E-state index >= 15 is 0 Å². The summed E-state index contributed by atoms with van der Waals surface area (Å²) in [6.45, 7) is 0.631. The first-order chi connectivity index (χ1) is 6.29. The first kappa shape index (κ1) is 8.53. The minimum atomic E-state index is 0.631. The van der Waals surface area contributed by atoms with Gasteiger partial charge in [-0.3, -0.25) is 0 Å². The van der Waals surface area contributed by atoms with Gasteiger partial charge in [0, 0.05) is 5.02 Å². The molecule has 3 nitrogen and oxygen atoms in total. The molecule has 0 aliphatic carbocycles. The Morgan fingerprint density at radius 2 is 2.38 bits per heavy atom. The van der Waals surface area contributed by atoms with Gasteiger partial charge in [-0.15, -0.1) is 0 Å². The second kappa shape index (κ2) is 3.36. The van der Waals surface area contributed by atoms with Gasteiger partial charge in [0.25, 0.3) is 0 Å². The van der Waals surface area contributed by atoms with Crippen molar-refractivity contribution in [2.45, 2.75) is 6.54 Å². The van der Waals surface area contributed by atoms with Crippen molar-refractivity contribution in [3.05, 3.63) is 29.1 Å². The lowest BCUT2D eigenvalue weighted by Crippen LogP contribution is -2.04. The highest BCUT2D eigenvalue weighted by Crippen LogP contribution is 2.19. The largest absolute Gasteiger partial charge is 0.439 e. The Kier molecular flexibility index (Phi) is 2.20. The zero-order valence-electron chi connectivity index (χ0n) is 7.17. The van der Waals surface area contributed by atoms with E-state index in [0.717, 1.165) is 11.1 Å². The highest BCUT2D eigenvalue weighted by Gasteiger charge is 2.04. The van der Waals surface area contributed by atoms with Crippen LogP contribution in [0.4, 0.5) is 0 Å². The normalized spacial score (nSPS) is 10.9. The van der Waals surface area contributed by atoms with Crippen LogP contribution in [0.25, 0.3) is 11.1 Å². The van der Waals surface area contributed by atoms with E-state index in [1.54, 1.807) is 12.1 Å². The first-order valence-electron chi connectivity index (χ1n) is 3.99. The Balaban J connectivity index is 2.49. The maximum Gasteiger partial charge on any atom is 0.209 e. The molecule has 2 aromatic rings. The molecule has 0 atom stereocenters. The van der Waals surface area contributed by atoms with Crippen molar-refractivity contribution in [1.29, 1.82) is 0 Å². The van der Waals surface area contributed by atoms with Gasteiger partial charge in [0.1, 0.15) is 5.52 Å². The zero-order chi connectivity index (χ0) is 9.26. The van der Waals surface area contributed by atoms with Crippen LogP contribution in [0.1, 0.15) is 5.89 Å². The minimum absolute atomic E-state index is 0.631. The number of benzene rings is 1. The number of fused-ring (bicyclic) bond motifs is 1. The Morgan fingerprint density at radius 3 is 3.15 bits per heavy atom. The average molecular weight is 197 g/mol. The topological polar surface area (TPSA) is 38.1 Å². The van der Waals surface area contributed by atoms with Crippen molar-refractivity contribution >= 4 is 22.7 Å². The van der Waals surface area contributed by atoms with Crippen LogP contribution in [0.15, 0.2) is 22.6 Å². The van der Waals surface area contributed by atoms with E-state index in [1.165, 1.54) is 0 Å². The SMILES string of the molecule is CNCc1nc2cc(Cl)ccc2o1. The van der Waals surface area contributed by atoms with Gasteiger partial charge in [0.05, 0.1) is 6.54 Å². The van der Waals surface area contributed by atoms with Crippen molar-refractivity contribution in [3.8, 4) is 0 Å². The second-order valence-corrected chi connectivity index (χ2v) is 3.19. The quantitative estimate of drug-likeness (QED) is 0.800. The van der Waals surface area contributed by atoms with Gasteiger partial charge < -0.3 is 9.73 Å². The third-order valence-electron chi connectivity index (χ3n) is 1.72. The number of hydrogen-bond donors (Lipinski definition) is 1. The molecule has 0 bridgehead atoms. The summed E-state index contributed by atoms with van der Waals surface area (Å²) in [5.74, 6) is 0.680. The fraction of sp³-hybridized carbons (Fsp3) is 0.222. The number of nitrogens with one attached hydrogen (secondary N) is 1. The molecule has 2 rings (SSSR count). The van der Waals surface area contributed by atoms with Gasteiger partial charge >= 0.3 is 0 Å². The van der Waals surface area contributed by atoms with Crippen LogP contribution >= 0.6 is 11.6 Å². The molecule has 0 saturated carbocycles. The molecule has 0 amide bonds. The number of halogens is 1. The summed E-state index contributed by atoms with van der Waals surface area (Å²) in [5, 5.41) is 3.65. The monoisotopic (exact) mass is 196 g/mol. The molecule has 1 heterocycles. The van der Waals surface area contributed by atoms with Crippen LogP contribution in [-0.4, -0.2) is 12.0 Å². The highest BCUT2D eigenvalue weighted by molar-refractivity contribution is 6.31. The van der Waals surface area contributed by atoms with E-state index in [4.69, 9.17) is 16.0 Å². The first-order valence-corrected chi connectivity index (χ1v) is 4.37. The zero-order valence-corrected chi connectivity index (χ0v) is 7.93. The fourth-order valence-electron chi connectivity index (χ4n) is 1.18. The molecule has 0 radical (unpaired) electrons. The summed E-state index contributed by atoms with van der Waals surface area (Å²) >= 11 is 5.81. The molecule has 1 aromatic carbocycles. The second-order valence-electron chi connectivity index (χ2n) is 2.75. The summed E-state index contributed by atoms with van der Waals surface area (Å²) in [6.07, 6.45) is 0. The molecule has 13 heavy (non-hydrogen) atoms. The van der Waals surface area contributed by atoms with Gasteiger partial charge in [-0.25, -0.2) is 4.98 Å². The van der Waals surface area contributed by atoms with Gasteiger partial charge in [-0.2, -0.15) is 0 Å². The van der Waals surface area contributed by atoms with E-state index in [0.29, 0.717) is 17.5 Å². The van der Waals surface area contributed by atoms with Gasteiger partial charge in [0.2, 0.25) is 5.89 Å². The molecular weight excluding hydrogens is 188 g/mol. The van der Waals surface area contributed by atoms with Crippen LogP contribution in [0.2, 0.25) is 5.02 Å². The summed E-state index contributed by atoms with van der Waals surface area (Å²) in [7, 11) is 1.85. The standard InChI is InChI=1S/C9H9ClN2O/c1-11-5-9-12-7-4-6(10)2-3-8(7)13-9/h2-4,11H,5H2,1H3. The number of hydrogen-bond acceptors (Lipinski definition) is 3. The van der Waals surface area contributed by atoms with Crippen LogP contribution in [0.5, 0.6) is 0 Å². The van der Waals surface area contributed by atoms with Gasteiger partial charge in [-0.1, -0.05) is 11.6 Å². The third kappa shape index (κ3) is 1.66. The molecule has 1 N–H and O–H groups in total. The Bertz CT molecular complexity index is 424. The van der Waals surface area contributed by atoms with E-state index < -0.39 is 0 Å². The number of nitrogens with zero attached hydrogens (tertiary/aromatic N) is 1. The van der Waals surface area contributed by atoms with E-state index in [9.17, 15) is 0 Å². The Hall–Kier alpha value is -1.06. The van der Waals surface area contributed by atoms with Crippen LogP contribution < -0.4 is 5.32 Å². The lowest BCUT2D eigenvalue weighted by molar-refractivity contribution is 0.511. The molecule has 1 aromatic heterocycles. The Morgan fingerprint density at radius 1 is 1.54 bits per heavy atom. The van der Waals surface area contributed by atoms with Crippen LogP contribution in [0, 0.1) is 0 Å². The molecular formula is C9H9ClN2O. The number of aromatic nitrogens is 1. The molecule has 0 aliphatic heterocycles. The molecule has 0 fully saturated rings. The Labute approximate surface area is 80.7 Å². The number of rotatable bonds is 2. The maximum atomic E-state index is 5.81. The lowest BCUT2D eigenvalue weighted by atomic mass is 10.3. The van der Waals surface area contributed by atoms with Crippen molar-refractivity contribution in [3.63, 3.8) is 0 Å². The maximum absolute atomic E-state index is 5.81. The molecule has 4 heteroatoms. The molecule has 68 valence electrons. The third-order valence-corrected chi connectivity index (χ3v) is 1.96.